The van der Waals surface area contributed by atoms with Gasteiger partial charge in [0, 0.05) is 50.7 Å². The van der Waals surface area contributed by atoms with Crippen LogP contribution in [0.2, 0.25) is 0 Å². The van der Waals surface area contributed by atoms with Crippen molar-refractivity contribution in [3.8, 4) is 11.5 Å². The molecule has 0 aliphatic carbocycles. The SMILES string of the molecule is Cc1ccc(C(C)(C)C)cc1Nc1nc(N2CCN(c3ccc4c(c3)OCCO4)CC2)nc2ncn(C)c12. The van der Waals surface area contributed by atoms with Gasteiger partial charge in [0.2, 0.25) is 5.95 Å². The lowest BCUT2D eigenvalue weighted by atomic mass is 9.86. The molecule has 1 N–H and O–H groups in total. The second-order valence-corrected chi connectivity index (χ2v) is 11.1. The number of imidazole rings is 1. The molecule has 0 atom stereocenters. The monoisotopic (exact) mass is 513 g/mol. The topological polar surface area (TPSA) is 80.6 Å². The normalized spacial score (nSPS) is 15.7. The Balaban J connectivity index is 1.26. The standard InChI is InChI=1S/C29H35N7O2/c1-19-6-7-20(29(2,3)4)16-22(19)31-27-25-26(30-18-34(25)5)32-28(33-27)36-12-10-35(11-13-36)21-8-9-23-24(17-21)38-15-14-37-23/h6-9,16-18H,10-15H2,1-5H3,(H,31,32,33). The van der Waals surface area contributed by atoms with E-state index in [9.17, 15) is 0 Å². The zero-order valence-corrected chi connectivity index (χ0v) is 22.8. The number of benzene rings is 2. The second-order valence-electron chi connectivity index (χ2n) is 11.1. The number of nitrogens with zero attached hydrogens (tertiary/aromatic N) is 6. The molecule has 2 aliphatic heterocycles. The van der Waals surface area contributed by atoms with E-state index in [2.05, 4.69) is 78.1 Å². The van der Waals surface area contributed by atoms with E-state index in [0.29, 0.717) is 24.8 Å². The average molecular weight is 514 g/mol. The molecule has 6 rings (SSSR count). The van der Waals surface area contributed by atoms with Crippen LogP contribution in [0.15, 0.2) is 42.7 Å². The van der Waals surface area contributed by atoms with Crippen LogP contribution in [-0.4, -0.2) is 58.9 Å². The molecule has 9 heteroatoms. The predicted molar refractivity (Wildman–Crippen MR) is 151 cm³/mol. The van der Waals surface area contributed by atoms with Gasteiger partial charge in [0.1, 0.15) is 18.7 Å². The minimum absolute atomic E-state index is 0.0552. The van der Waals surface area contributed by atoms with Gasteiger partial charge in [-0.1, -0.05) is 32.9 Å². The van der Waals surface area contributed by atoms with E-state index in [1.165, 1.54) is 11.1 Å². The summed E-state index contributed by atoms with van der Waals surface area (Å²) in [5.41, 5.74) is 6.28. The lowest BCUT2D eigenvalue weighted by molar-refractivity contribution is 0.171. The molecule has 2 aromatic heterocycles. The highest BCUT2D eigenvalue weighted by Gasteiger charge is 2.24. The number of hydrogen-bond acceptors (Lipinski definition) is 8. The van der Waals surface area contributed by atoms with Crippen LogP contribution in [0, 0.1) is 6.92 Å². The van der Waals surface area contributed by atoms with E-state index in [4.69, 9.17) is 19.4 Å². The number of aryl methyl sites for hydroxylation is 2. The smallest absolute Gasteiger partial charge is 0.229 e. The van der Waals surface area contributed by atoms with Gasteiger partial charge in [0.05, 0.1) is 6.33 Å². The molecule has 0 unspecified atom stereocenters. The van der Waals surface area contributed by atoms with E-state index < -0.39 is 0 Å². The highest BCUT2D eigenvalue weighted by atomic mass is 16.6. The van der Waals surface area contributed by atoms with Crippen LogP contribution >= 0.6 is 0 Å². The molecular weight excluding hydrogens is 478 g/mol. The summed E-state index contributed by atoms with van der Waals surface area (Å²) in [7, 11) is 1.98. The molecule has 0 bridgehead atoms. The number of piperazine rings is 1. The Morgan fingerprint density at radius 1 is 0.868 bits per heavy atom. The van der Waals surface area contributed by atoms with Crippen LogP contribution in [-0.2, 0) is 12.5 Å². The second kappa shape index (κ2) is 9.38. The molecule has 0 saturated carbocycles. The largest absolute Gasteiger partial charge is 0.486 e. The Morgan fingerprint density at radius 2 is 1.61 bits per heavy atom. The number of rotatable bonds is 4. The van der Waals surface area contributed by atoms with Gasteiger partial charge >= 0.3 is 0 Å². The Labute approximate surface area is 223 Å². The van der Waals surface area contributed by atoms with Crippen molar-refractivity contribution in [2.75, 3.05) is 54.5 Å². The summed E-state index contributed by atoms with van der Waals surface area (Å²) in [6.45, 7) is 13.3. The van der Waals surface area contributed by atoms with Gasteiger partial charge in [0.15, 0.2) is 23.0 Å². The van der Waals surface area contributed by atoms with Crippen LogP contribution < -0.4 is 24.6 Å². The van der Waals surface area contributed by atoms with Crippen molar-refractivity contribution >= 4 is 34.3 Å². The fraction of sp³-hybridized carbons (Fsp3) is 0.414. The number of anilines is 4. The summed E-state index contributed by atoms with van der Waals surface area (Å²) in [6, 6.07) is 12.8. The molecule has 0 radical (unpaired) electrons. The van der Waals surface area contributed by atoms with Crippen LogP contribution in [0.1, 0.15) is 31.9 Å². The molecule has 38 heavy (non-hydrogen) atoms. The highest BCUT2D eigenvalue weighted by Crippen LogP contribution is 2.35. The molecule has 1 saturated heterocycles. The van der Waals surface area contributed by atoms with Crippen LogP contribution in [0.5, 0.6) is 11.5 Å². The van der Waals surface area contributed by atoms with Gasteiger partial charge in [-0.25, -0.2) is 4.98 Å². The summed E-state index contributed by atoms with van der Waals surface area (Å²) in [6.07, 6.45) is 1.80. The predicted octanol–water partition coefficient (Wildman–Crippen LogP) is 4.81. The maximum Gasteiger partial charge on any atom is 0.229 e. The van der Waals surface area contributed by atoms with E-state index >= 15 is 0 Å². The maximum absolute atomic E-state index is 5.79. The van der Waals surface area contributed by atoms with Crippen molar-refractivity contribution in [2.24, 2.45) is 7.05 Å². The molecule has 1 fully saturated rings. The molecule has 4 aromatic rings. The molecule has 0 spiro atoms. The maximum atomic E-state index is 5.79. The van der Waals surface area contributed by atoms with Gasteiger partial charge in [-0.15, -0.1) is 0 Å². The molecule has 2 aromatic carbocycles. The van der Waals surface area contributed by atoms with Gasteiger partial charge in [-0.3, -0.25) is 0 Å². The lowest BCUT2D eigenvalue weighted by Gasteiger charge is -2.36. The molecule has 9 nitrogen and oxygen atoms in total. The molecule has 0 amide bonds. The van der Waals surface area contributed by atoms with Crippen molar-refractivity contribution in [2.45, 2.75) is 33.1 Å². The molecule has 4 heterocycles. The quantitative estimate of drug-likeness (QED) is 0.416. The van der Waals surface area contributed by atoms with Crippen molar-refractivity contribution in [3.05, 3.63) is 53.9 Å². The van der Waals surface area contributed by atoms with Gasteiger partial charge < -0.3 is 29.2 Å². The van der Waals surface area contributed by atoms with Crippen LogP contribution in [0.3, 0.4) is 0 Å². The summed E-state index contributed by atoms with van der Waals surface area (Å²) >= 11 is 0. The zero-order valence-electron chi connectivity index (χ0n) is 22.8. The number of aromatic nitrogens is 4. The van der Waals surface area contributed by atoms with Gasteiger partial charge in [-0.2, -0.15) is 9.97 Å². The van der Waals surface area contributed by atoms with E-state index in [1.807, 2.05) is 17.7 Å². The van der Waals surface area contributed by atoms with Crippen molar-refractivity contribution < 1.29 is 9.47 Å². The Hall–Kier alpha value is -4.01. The summed E-state index contributed by atoms with van der Waals surface area (Å²) in [5.74, 6) is 3.11. The third kappa shape index (κ3) is 4.57. The molecule has 198 valence electrons. The number of ether oxygens (including phenoxy) is 2. The summed E-state index contributed by atoms with van der Waals surface area (Å²) in [4.78, 5) is 19.1. The van der Waals surface area contributed by atoms with Crippen LogP contribution in [0.25, 0.3) is 11.2 Å². The third-order valence-corrected chi connectivity index (χ3v) is 7.37. The van der Waals surface area contributed by atoms with Gasteiger partial charge in [-0.05, 0) is 41.7 Å². The van der Waals surface area contributed by atoms with E-state index in [-0.39, 0.29) is 5.41 Å². The fourth-order valence-electron chi connectivity index (χ4n) is 5.02. The zero-order chi connectivity index (χ0) is 26.4. The fourth-order valence-corrected chi connectivity index (χ4v) is 5.02. The Kier molecular flexibility index (Phi) is 6.01. The van der Waals surface area contributed by atoms with Crippen LogP contribution in [0.4, 0.5) is 23.1 Å². The minimum atomic E-state index is 0.0552. The minimum Gasteiger partial charge on any atom is -0.486 e. The first kappa shape index (κ1) is 24.3. The van der Waals surface area contributed by atoms with Gasteiger partial charge in [0.25, 0.3) is 0 Å². The molecule has 2 aliphatic rings. The summed E-state index contributed by atoms with van der Waals surface area (Å²) in [5, 5.41) is 3.62. The van der Waals surface area contributed by atoms with E-state index in [1.54, 1.807) is 6.33 Å². The highest BCUT2D eigenvalue weighted by molar-refractivity contribution is 5.87. The lowest BCUT2D eigenvalue weighted by Crippen LogP contribution is -2.47. The van der Waals surface area contributed by atoms with Crippen molar-refractivity contribution in [3.63, 3.8) is 0 Å². The first-order valence-corrected chi connectivity index (χ1v) is 13.2. The number of fused-ring (bicyclic) bond motifs is 2. The van der Waals surface area contributed by atoms with Crippen molar-refractivity contribution in [1.29, 1.82) is 0 Å². The molecular formula is C29H35N7O2. The Bertz CT molecular complexity index is 1480. The van der Waals surface area contributed by atoms with Crippen molar-refractivity contribution in [1.82, 2.24) is 19.5 Å². The number of hydrogen-bond donors (Lipinski definition) is 1. The Morgan fingerprint density at radius 3 is 2.37 bits per heavy atom. The summed E-state index contributed by atoms with van der Waals surface area (Å²) < 4.78 is 13.4. The number of nitrogens with one attached hydrogen (secondary N) is 1. The first-order chi connectivity index (χ1) is 18.3. The first-order valence-electron chi connectivity index (χ1n) is 13.2. The third-order valence-electron chi connectivity index (χ3n) is 7.37. The van der Waals surface area contributed by atoms with E-state index in [0.717, 1.165) is 60.4 Å². The average Bonchev–Trinajstić information content (AvgIpc) is 3.30.